The molecule has 3 heterocycles. The third-order valence-corrected chi connectivity index (χ3v) is 4.37. The first-order valence-corrected chi connectivity index (χ1v) is 8.31. The molecule has 24 heavy (non-hydrogen) atoms. The number of benzene rings is 1. The van der Waals surface area contributed by atoms with Gasteiger partial charge in [-0.15, -0.1) is 0 Å². The van der Waals surface area contributed by atoms with Crippen molar-refractivity contribution >= 4 is 21.6 Å². The van der Waals surface area contributed by atoms with Crippen LogP contribution in [0.25, 0.3) is 11.6 Å². The number of aromatic nitrogens is 4. The van der Waals surface area contributed by atoms with Gasteiger partial charge in [0, 0.05) is 53.8 Å². The molecule has 0 amide bonds. The van der Waals surface area contributed by atoms with Crippen molar-refractivity contribution in [1.29, 1.82) is 0 Å². The van der Waals surface area contributed by atoms with Crippen LogP contribution < -0.4 is 4.90 Å². The fraction of sp³-hybridized carbons (Fsp3) is 0.176. The van der Waals surface area contributed by atoms with E-state index in [1.165, 1.54) is 6.07 Å². The van der Waals surface area contributed by atoms with Crippen LogP contribution in [0.15, 0.2) is 47.3 Å². The highest BCUT2D eigenvalue weighted by Gasteiger charge is 2.20. The zero-order valence-corrected chi connectivity index (χ0v) is 14.2. The molecule has 1 aromatic carbocycles. The van der Waals surface area contributed by atoms with E-state index in [0.717, 1.165) is 34.4 Å². The molecule has 1 aliphatic heterocycles. The quantitative estimate of drug-likeness (QED) is 0.676. The molecule has 0 saturated carbocycles. The lowest BCUT2D eigenvalue weighted by molar-refractivity contribution is 0.623. The largest absolute Gasteiger partial charge is 0.367 e. The van der Waals surface area contributed by atoms with Crippen LogP contribution in [0.2, 0.25) is 0 Å². The van der Waals surface area contributed by atoms with Gasteiger partial charge in [0.15, 0.2) is 11.6 Å². The van der Waals surface area contributed by atoms with Gasteiger partial charge in [-0.05, 0) is 24.3 Å². The van der Waals surface area contributed by atoms with E-state index in [4.69, 9.17) is 0 Å². The van der Waals surface area contributed by atoms with E-state index >= 15 is 0 Å². The van der Waals surface area contributed by atoms with Gasteiger partial charge in [-0.3, -0.25) is 0 Å². The maximum Gasteiger partial charge on any atom is 0.197 e. The molecule has 2 aromatic heterocycles. The summed E-state index contributed by atoms with van der Waals surface area (Å²) in [6.45, 7) is 1.43. The summed E-state index contributed by atoms with van der Waals surface area (Å²) < 4.78 is 14.4. The molecule has 7 heteroatoms. The van der Waals surface area contributed by atoms with Crippen molar-refractivity contribution in [2.24, 2.45) is 0 Å². The van der Waals surface area contributed by atoms with Crippen LogP contribution >= 0.6 is 15.9 Å². The Balaban J connectivity index is 1.62. The topological polar surface area (TPSA) is 54.8 Å². The van der Waals surface area contributed by atoms with E-state index < -0.39 is 0 Å². The highest BCUT2D eigenvalue weighted by atomic mass is 79.9. The van der Waals surface area contributed by atoms with E-state index in [1.807, 2.05) is 12.3 Å². The zero-order valence-electron chi connectivity index (χ0n) is 12.7. The van der Waals surface area contributed by atoms with Gasteiger partial charge in [0.25, 0.3) is 0 Å². The molecule has 1 aliphatic rings. The number of fused-ring (bicyclic) bond motifs is 1. The molecule has 0 spiro atoms. The molecule has 3 aromatic rings. The number of halogens is 2. The van der Waals surface area contributed by atoms with Gasteiger partial charge in [0.2, 0.25) is 0 Å². The van der Waals surface area contributed by atoms with Gasteiger partial charge >= 0.3 is 0 Å². The Hall–Kier alpha value is -2.41. The molecule has 4 rings (SSSR count). The third kappa shape index (κ3) is 2.99. The van der Waals surface area contributed by atoms with Gasteiger partial charge < -0.3 is 4.90 Å². The Bertz CT molecular complexity index is 867. The second kappa shape index (κ2) is 6.24. The van der Waals surface area contributed by atoms with Crippen molar-refractivity contribution < 1.29 is 4.39 Å². The number of anilines is 1. The fourth-order valence-electron chi connectivity index (χ4n) is 2.78. The second-order valence-electron chi connectivity index (χ2n) is 5.54. The van der Waals surface area contributed by atoms with Crippen molar-refractivity contribution in [1.82, 2.24) is 19.9 Å². The van der Waals surface area contributed by atoms with Crippen molar-refractivity contribution in [2.75, 3.05) is 11.4 Å². The van der Waals surface area contributed by atoms with Crippen molar-refractivity contribution in [3.8, 4) is 11.6 Å². The molecule has 5 nitrogen and oxygen atoms in total. The minimum absolute atomic E-state index is 0.252. The van der Waals surface area contributed by atoms with E-state index in [0.29, 0.717) is 18.2 Å². The van der Waals surface area contributed by atoms with Gasteiger partial charge in [-0.2, -0.15) is 0 Å². The Morgan fingerprint density at radius 1 is 1.04 bits per heavy atom. The maximum absolute atomic E-state index is 13.6. The first kappa shape index (κ1) is 15.1. The molecule has 120 valence electrons. The molecule has 0 N–H and O–H groups in total. The smallest absolute Gasteiger partial charge is 0.197 e. The molecule has 0 aliphatic carbocycles. The molecule has 0 atom stereocenters. The van der Waals surface area contributed by atoms with Crippen LogP contribution in [0.1, 0.15) is 11.3 Å². The van der Waals surface area contributed by atoms with Gasteiger partial charge in [-0.25, -0.2) is 24.3 Å². The summed E-state index contributed by atoms with van der Waals surface area (Å²) in [6, 6.07) is 6.68. The van der Waals surface area contributed by atoms with Crippen LogP contribution in [0.4, 0.5) is 10.1 Å². The lowest BCUT2D eigenvalue weighted by Gasteiger charge is -2.30. The summed E-state index contributed by atoms with van der Waals surface area (Å²) in [4.78, 5) is 19.5. The Kier molecular flexibility index (Phi) is 3.93. The van der Waals surface area contributed by atoms with E-state index in [-0.39, 0.29) is 5.82 Å². The Labute approximate surface area is 146 Å². The van der Waals surface area contributed by atoms with E-state index in [1.54, 1.807) is 24.5 Å². The Morgan fingerprint density at radius 2 is 1.88 bits per heavy atom. The lowest BCUT2D eigenvalue weighted by atomic mass is 10.1. The van der Waals surface area contributed by atoms with Crippen LogP contribution in [-0.4, -0.2) is 26.5 Å². The summed E-state index contributed by atoms with van der Waals surface area (Å²) in [6.07, 6.45) is 5.93. The minimum atomic E-state index is -0.252. The SMILES string of the molecule is Fc1cc(Br)cc(N2CCc3nc(-c4ncccn4)ncc3C2)c1. The molecule has 0 unspecified atom stereocenters. The van der Waals surface area contributed by atoms with Crippen LogP contribution in [0.3, 0.4) is 0 Å². The molecular formula is C17H13BrFN5. The maximum atomic E-state index is 13.6. The molecule has 0 radical (unpaired) electrons. The van der Waals surface area contributed by atoms with Crippen LogP contribution in [-0.2, 0) is 13.0 Å². The summed E-state index contributed by atoms with van der Waals surface area (Å²) >= 11 is 3.34. The average molecular weight is 386 g/mol. The van der Waals surface area contributed by atoms with Crippen molar-refractivity contribution in [3.63, 3.8) is 0 Å². The van der Waals surface area contributed by atoms with Gasteiger partial charge in [-0.1, -0.05) is 15.9 Å². The average Bonchev–Trinajstić information content (AvgIpc) is 2.61. The molecular weight excluding hydrogens is 373 g/mol. The Morgan fingerprint density at radius 3 is 2.67 bits per heavy atom. The molecule has 0 bridgehead atoms. The second-order valence-corrected chi connectivity index (χ2v) is 6.45. The van der Waals surface area contributed by atoms with E-state index in [9.17, 15) is 4.39 Å². The van der Waals surface area contributed by atoms with Crippen LogP contribution in [0, 0.1) is 5.82 Å². The van der Waals surface area contributed by atoms with Gasteiger partial charge in [0.05, 0.1) is 5.69 Å². The summed E-state index contributed by atoms with van der Waals surface area (Å²) in [5, 5.41) is 0. The number of nitrogens with zero attached hydrogens (tertiary/aromatic N) is 5. The first-order valence-electron chi connectivity index (χ1n) is 7.52. The first-order chi connectivity index (χ1) is 11.7. The standard InChI is InChI=1S/C17H13BrFN5/c18-12-6-13(19)8-14(7-12)24-5-2-15-11(10-24)9-22-17(23-15)16-20-3-1-4-21-16/h1,3-4,6-9H,2,5,10H2. The predicted octanol–water partition coefficient (Wildman–Crippen LogP) is 3.40. The normalized spacial score (nSPS) is 13.7. The summed E-state index contributed by atoms with van der Waals surface area (Å²) in [7, 11) is 0. The van der Waals surface area contributed by atoms with E-state index in [2.05, 4.69) is 40.8 Å². The highest BCUT2D eigenvalue weighted by Crippen LogP contribution is 2.27. The van der Waals surface area contributed by atoms with Crippen LogP contribution in [0.5, 0.6) is 0 Å². The number of rotatable bonds is 2. The predicted molar refractivity (Wildman–Crippen MR) is 91.9 cm³/mol. The molecule has 0 fully saturated rings. The monoisotopic (exact) mass is 385 g/mol. The number of hydrogen-bond acceptors (Lipinski definition) is 5. The van der Waals surface area contributed by atoms with Gasteiger partial charge in [0.1, 0.15) is 5.82 Å². The number of hydrogen-bond donors (Lipinski definition) is 0. The minimum Gasteiger partial charge on any atom is -0.367 e. The molecule has 0 saturated heterocycles. The third-order valence-electron chi connectivity index (χ3n) is 3.91. The summed E-state index contributed by atoms with van der Waals surface area (Å²) in [5.41, 5.74) is 2.89. The van der Waals surface area contributed by atoms with Crippen molar-refractivity contribution in [2.45, 2.75) is 13.0 Å². The highest BCUT2D eigenvalue weighted by molar-refractivity contribution is 9.10. The summed E-state index contributed by atoms with van der Waals surface area (Å²) in [5.74, 6) is 0.811. The van der Waals surface area contributed by atoms with Crippen molar-refractivity contribution in [3.05, 3.63) is 64.4 Å². The zero-order chi connectivity index (χ0) is 16.5. The fourth-order valence-corrected chi connectivity index (χ4v) is 3.23. The lowest BCUT2D eigenvalue weighted by Crippen LogP contribution is -2.31.